The number of hydrogen-bond donors (Lipinski definition) is 1. The van der Waals surface area contributed by atoms with Gasteiger partial charge >= 0.3 is 0 Å². The zero-order valence-electron chi connectivity index (χ0n) is 16.0. The van der Waals surface area contributed by atoms with Gasteiger partial charge in [0.1, 0.15) is 0 Å². The number of amides is 2. The Bertz CT molecular complexity index is 871. The highest BCUT2D eigenvalue weighted by Crippen LogP contribution is 2.26. The number of benzene rings is 1. The van der Waals surface area contributed by atoms with E-state index in [1.54, 1.807) is 17.0 Å². The summed E-state index contributed by atoms with van der Waals surface area (Å²) in [4.78, 5) is 32.0. The number of fused-ring (bicyclic) bond motifs is 1. The third-order valence-corrected chi connectivity index (χ3v) is 5.50. The van der Waals surface area contributed by atoms with Crippen LogP contribution in [-0.4, -0.2) is 39.4 Å². The standard InChI is InChI=1S/C20H25ClN4O2/c1-4-24(5-2)20(27)18-23-17(16-11-6-7-12-25(16)18)19(26)22-15-10-8-9-14(21)13(15)3/h8-10H,4-7,11-12H2,1-3H3,(H,22,26). The van der Waals surface area contributed by atoms with E-state index >= 15 is 0 Å². The van der Waals surface area contributed by atoms with Crippen LogP contribution in [0.3, 0.4) is 0 Å². The van der Waals surface area contributed by atoms with Gasteiger partial charge < -0.3 is 14.8 Å². The van der Waals surface area contributed by atoms with Crippen molar-refractivity contribution in [3.05, 3.63) is 46.0 Å². The summed E-state index contributed by atoms with van der Waals surface area (Å²) in [6.07, 6.45) is 2.72. The molecule has 0 fully saturated rings. The maximum Gasteiger partial charge on any atom is 0.289 e. The summed E-state index contributed by atoms with van der Waals surface area (Å²) >= 11 is 6.15. The fourth-order valence-corrected chi connectivity index (χ4v) is 3.64. The van der Waals surface area contributed by atoms with Gasteiger partial charge in [-0.05, 0) is 57.7 Å². The number of hydrogen-bond acceptors (Lipinski definition) is 3. The van der Waals surface area contributed by atoms with Gasteiger partial charge in [0.2, 0.25) is 0 Å². The Kier molecular flexibility index (Phi) is 5.85. The molecule has 1 aromatic heterocycles. The molecule has 1 aliphatic heterocycles. The van der Waals surface area contributed by atoms with Crippen molar-refractivity contribution in [2.75, 3.05) is 18.4 Å². The molecule has 0 aliphatic carbocycles. The lowest BCUT2D eigenvalue weighted by Crippen LogP contribution is -2.33. The zero-order valence-corrected chi connectivity index (χ0v) is 16.8. The van der Waals surface area contributed by atoms with Crippen molar-refractivity contribution in [2.24, 2.45) is 0 Å². The van der Waals surface area contributed by atoms with E-state index in [4.69, 9.17) is 11.6 Å². The highest BCUT2D eigenvalue weighted by atomic mass is 35.5. The van der Waals surface area contributed by atoms with Crippen molar-refractivity contribution in [3.8, 4) is 0 Å². The number of halogens is 1. The molecule has 3 rings (SSSR count). The second-order valence-corrected chi connectivity index (χ2v) is 7.09. The molecular formula is C20H25ClN4O2. The number of imidazole rings is 1. The quantitative estimate of drug-likeness (QED) is 0.844. The largest absolute Gasteiger partial charge is 0.337 e. The minimum absolute atomic E-state index is 0.124. The average molecular weight is 389 g/mol. The van der Waals surface area contributed by atoms with Gasteiger partial charge in [0, 0.05) is 30.3 Å². The van der Waals surface area contributed by atoms with Crippen LogP contribution < -0.4 is 5.32 Å². The smallest absolute Gasteiger partial charge is 0.289 e. The van der Waals surface area contributed by atoms with Crippen LogP contribution in [0.1, 0.15) is 59.1 Å². The second-order valence-electron chi connectivity index (χ2n) is 6.68. The number of nitrogens with zero attached hydrogens (tertiary/aromatic N) is 3. The Balaban J connectivity index is 1.97. The summed E-state index contributed by atoms with van der Waals surface area (Å²) in [7, 11) is 0. The van der Waals surface area contributed by atoms with Crippen molar-refractivity contribution in [3.63, 3.8) is 0 Å². The van der Waals surface area contributed by atoms with Crippen molar-refractivity contribution in [1.29, 1.82) is 0 Å². The third kappa shape index (κ3) is 3.72. The van der Waals surface area contributed by atoms with E-state index in [1.807, 2.05) is 31.4 Å². The summed E-state index contributed by atoms with van der Waals surface area (Å²) in [5.41, 5.74) is 2.64. The summed E-state index contributed by atoms with van der Waals surface area (Å²) in [6, 6.07) is 5.39. The highest BCUT2D eigenvalue weighted by molar-refractivity contribution is 6.31. The first-order valence-electron chi connectivity index (χ1n) is 9.43. The van der Waals surface area contributed by atoms with Crippen molar-refractivity contribution in [1.82, 2.24) is 14.5 Å². The maximum absolute atomic E-state index is 12.9. The highest BCUT2D eigenvalue weighted by Gasteiger charge is 2.29. The SMILES string of the molecule is CCN(CC)C(=O)c1nc(C(=O)Nc2cccc(Cl)c2C)c2n1CCCC2. The number of aromatic nitrogens is 2. The van der Waals surface area contributed by atoms with Gasteiger partial charge in [0.25, 0.3) is 11.8 Å². The normalized spacial score (nSPS) is 13.2. The van der Waals surface area contributed by atoms with E-state index in [1.165, 1.54) is 0 Å². The van der Waals surface area contributed by atoms with Gasteiger partial charge in [0.05, 0.1) is 5.69 Å². The lowest BCUT2D eigenvalue weighted by atomic mass is 10.1. The van der Waals surface area contributed by atoms with E-state index in [-0.39, 0.29) is 11.8 Å². The van der Waals surface area contributed by atoms with Gasteiger partial charge in [-0.1, -0.05) is 17.7 Å². The molecule has 2 heterocycles. The van der Waals surface area contributed by atoms with Crippen LogP contribution in [0.4, 0.5) is 5.69 Å². The second kappa shape index (κ2) is 8.13. The molecule has 2 aromatic rings. The van der Waals surface area contributed by atoms with Crippen LogP contribution >= 0.6 is 11.6 Å². The van der Waals surface area contributed by atoms with E-state index in [0.717, 1.165) is 30.5 Å². The van der Waals surface area contributed by atoms with Gasteiger partial charge in [-0.15, -0.1) is 0 Å². The number of anilines is 1. The fourth-order valence-electron chi connectivity index (χ4n) is 3.46. The number of carbonyl (C=O) groups excluding carboxylic acids is 2. The molecule has 2 amide bonds. The van der Waals surface area contributed by atoms with E-state index in [9.17, 15) is 9.59 Å². The minimum Gasteiger partial charge on any atom is -0.337 e. The monoisotopic (exact) mass is 388 g/mol. The third-order valence-electron chi connectivity index (χ3n) is 5.09. The molecule has 144 valence electrons. The molecule has 1 aromatic carbocycles. The molecule has 1 N–H and O–H groups in total. The van der Waals surface area contributed by atoms with Crippen LogP contribution in [0, 0.1) is 6.92 Å². The first kappa shape index (κ1) is 19.4. The number of rotatable bonds is 5. The summed E-state index contributed by atoms with van der Waals surface area (Å²) < 4.78 is 1.92. The van der Waals surface area contributed by atoms with Crippen LogP contribution in [0.25, 0.3) is 0 Å². The lowest BCUT2D eigenvalue weighted by molar-refractivity contribution is 0.0754. The van der Waals surface area contributed by atoms with E-state index in [0.29, 0.717) is 41.9 Å². The summed E-state index contributed by atoms with van der Waals surface area (Å²) in [5.74, 6) is -0.0629. The first-order chi connectivity index (χ1) is 13.0. The molecular weight excluding hydrogens is 364 g/mol. The Hall–Kier alpha value is -2.34. The van der Waals surface area contributed by atoms with Gasteiger partial charge in [-0.25, -0.2) is 4.98 Å². The van der Waals surface area contributed by atoms with Crippen molar-refractivity contribution in [2.45, 2.75) is 46.6 Å². The molecule has 0 saturated heterocycles. The Morgan fingerprint density at radius 3 is 2.70 bits per heavy atom. The minimum atomic E-state index is -0.301. The predicted molar refractivity (Wildman–Crippen MR) is 107 cm³/mol. The molecule has 0 unspecified atom stereocenters. The maximum atomic E-state index is 12.9. The molecule has 0 radical (unpaired) electrons. The van der Waals surface area contributed by atoms with Gasteiger partial charge in [-0.3, -0.25) is 9.59 Å². The Morgan fingerprint density at radius 1 is 1.26 bits per heavy atom. The van der Waals surface area contributed by atoms with Crippen LogP contribution in [0.5, 0.6) is 0 Å². The molecule has 7 heteroatoms. The number of nitrogens with one attached hydrogen (secondary N) is 1. The lowest BCUT2D eigenvalue weighted by Gasteiger charge is -2.21. The molecule has 0 bridgehead atoms. The topological polar surface area (TPSA) is 67.2 Å². The molecule has 0 atom stereocenters. The fraction of sp³-hybridized carbons (Fsp3) is 0.450. The average Bonchev–Trinajstić information content (AvgIpc) is 3.06. The molecule has 1 aliphatic rings. The van der Waals surface area contributed by atoms with E-state index < -0.39 is 0 Å². The Morgan fingerprint density at radius 2 is 2.00 bits per heavy atom. The summed E-state index contributed by atoms with van der Waals surface area (Å²) in [6.45, 7) is 7.68. The number of carbonyl (C=O) groups is 2. The first-order valence-corrected chi connectivity index (χ1v) is 9.80. The summed E-state index contributed by atoms with van der Waals surface area (Å²) in [5, 5.41) is 3.50. The van der Waals surface area contributed by atoms with Crippen LogP contribution in [0.2, 0.25) is 5.02 Å². The van der Waals surface area contributed by atoms with Gasteiger partial charge in [0.15, 0.2) is 11.5 Å². The molecule has 27 heavy (non-hydrogen) atoms. The molecule has 0 spiro atoms. The van der Waals surface area contributed by atoms with Crippen molar-refractivity contribution >= 4 is 29.1 Å². The molecule has 0 saturated carbocycles. The van der Waals surface area contributed by atoms with Crippen LogP contribution in [0.15, 0.2) is 18.2 Å². The zero-order chi connectivity index (χ0) is 19.6. The van der Waals surface area contributed by atoms with Crippen molar-refractivity contribution < 1.29 is 9.59 Å². The van der Waals surface area contributed by atoms with E-state index in [2.05, 4.69) is 10.3 Å². The predicted octanol–water partition coefficient (Wildman–Crippen LogP) is 3.92. The van der Waals surface area contributed by atoms with Crippen LogP contribution in [-0.2, 0) is 13.0 Å². The molecule has 6 nitrogen and oxygen atoms in total. The Labute approximate surface area is 164 Å². The van der Waals surface area contributed by atoms with Gasteiger partial charge in [-0.2, -0.15) is 0 Å².